The number of rotatable bonds is 6. The molecular weight excluding hydrogens is 222 g/mol. The van der Waals surface area contributed by atoms with Crippen LogP contribution in [-0.4, -0.2) is 16.5 Å². The van der Waals surface area contributed by atoms with Crippen LogP contribution in [0.15, 0.2) is 18.5 Å². The van der Waals surface area contributed by atoms with Crippen molar-refractivity contribution in [2.75, 3.05) is 11.9 Å². The molecule has 0 atom stereocenters. The predicted octanol–water partition coefficient (Wildman–Crippen LogP) is 3.46. The van der Waals surface area contributed by atoms with Gasteiger partial charge in [-0.25, -0.2) is 9.97 Å². The highest BCUT2D eigenvalue weighted by Crippen LogP contribution is 2.21. The first-order chi connectivity index (χ1) is 7.79. The van der Waals surface area contributed by atoms with Gasteiger partial charge in [-0.15, -0.1) is 0 Å². The number of halogens is 1. The Balaban J connectivity index is 2.66. The zero-order valence-corrected chi connectivity index (χ0v) is 10.6. The van der Waals surface area contributed by atoms with Gasteiger partial charge in [-0.3, -0.25) is 0 Å². The lowest BCUT2D eigenvalue weighted by molar-refractivity contribution is 0.895. The number of anilines is 1. The molecule has 0 saturated carbocycles. The SMILES string of the molecule is C/C=C/CCNc1ncnc(Cl)c1CCC. The van der Waals surface area contributed by atoms with Gasteiger partial charge in [0.05, 0.1) is 0 Å². The molecule has 1 heterocycles. The summed E-state index contributed by atoms with van der Waals surface area (Å²) in [4.78, 5) is 8.23. The Morgan fingerprint density at radius 2 is 2.25 bits per heavy atom. The average Bonchev–Trinajstić information content (AvgIpc) is 2.29. The smallest absolute Gasteiger partial charge is 0.137 e. The van der Waals surface area contributed by atoms with Crippen LogP contribution >= 0.6 is 11.6 Å². The van der Waals surface area contributed by atoms with E-state index < -0.39 is 0 Å². The van der Waals surface area contributed by atoms with Crippen LogP contribution in [0.25, 0.3) is 0 Å². The van der Waals surface area contributed by atoms with E-state index in [2.05, 4.69) is 28.3 Å². The summed E-state index contributed by atoms with van der Waals surface area (Å²) < 4.78 is 0. The number of allylic oxidation sites excluding steroid dienone is 1. The molecule has 0 bridgehead atoms. The van der Waals surface area contributed by atoms with Gasteiger partial charge in [0.15, 0.2) is 0 Å². The predicted molar refractivity (Wildman–Crippen MR) is 69.0 cm³/mol. The van der Waals surface area contributed by atoms with Crippen LogP contribution in [-0.2, 0) is 6.42 Å². The Hall–Kier alpha value is -1.09. The summed E-state index contributed by atoms with van der Waals surface area (Å²) in [7, 11) is 0. The highest BCUT2D eigenvalue weighted by Gasteiger charge is 2.07. The van der Waals surface area contributed by atoms with Gasteiger partial charge in [0.2, 0.25) is 0 Å². The van der Waals surface area contributed by atoms with E-state index >= 15 is 0 Å². The molecular formula is C12H18ClN3. The van der Waals surface area contributed by atoms with E-state index in [1.54, 1.807) is 0 Å². The Labute approximate surface area is 102 Å². The molecule has 16 heavy (non-hydrogen) atoms. The summed E-state index contributed by atoms with van der Waals surface area (Å²) in [5.41, 5.74) is 1.02. The Bertz CT molecular complexity index is 350. The normalized spacial score (nSPS) is 10.9. The van der Waals surface area contributed by atoms with Crippen LogP contribution in [0.4, 0.5) is 5.82 Å². The summed E-state index contributed by atoms with van der Waals surface area (Å²) >= 11 is 6.04. The fraction of sp³-hybridized carbons (Fsp3) is 0.500. The quantitative estimate of drug-likeness (QED) is 0.469. The van der Waals surface area contributed by atoms with Crippen molar-refractivity contribution >= 4 is 17.4 Å². The second-order valence-corrected chi connectivity index (χ2v) is 3.88. The lowest BCUT2D eigenvalue weighted by Gasteiger charge is -2.10. The molecule has 0 aliphatic heterocycles. The lowest BCUT2D eigenvalue weighted by Crippen LogP contribution is -2.06. The molecule has 1 aromatic rings. The second kappa shape index (κ2) is 7.23. The van der Waals surface area contributed by atoms with Crippen molar-refractivity contribution in [3.05, 3.63) is 29.2 Å². The molecule has 88 valence electrons. The molecule has 0 saturated heterocycles. The standard InChI is InChI=1S/C12H18ClN3/c1-3-5-6-8-14-12-10(7-4-2)11(13)15-9-16-12/h3,5,9H,4,6-8H2,1-2H3,(H,14,15,16)/b5-3+. The Kier molecular flexibility index (Phi) is 5.86. The maximum absolute atomic E-state index is 6.04. The van der Waals surface area contributed by atoms with E-state index in [1.165, 1.54) is 6.33 Å². The van der Waals surface area contributed by atoms with E-state index in [0.717, 1.165) is 37.2 Å². The summed E-state index contributed by atoms with van der Waals surface area (Å²) in [6, 6.07) is 0. The van der Waals surface area contributed by atoms with Crippen molar-refractivity contribution in [3.8, 4) is 0 Å². The lowest BCUT2D eigenvalue weighted by atomic mass is 10.2. The zero-order chi connectivity index (χ0) is 11.8. The zero-order valence-electron chi connectivity index (χ0n) is 9.83. The van der Waals surface area contributed by atoms with Crippen LogP contribution < -0.4 is 5.32 Å². The van der Waals surface area contributed by atoms with Crippen LogP contribution in [0.5, 0.6) is 0 Å². The minimum absolute atomic E-state index is 0.561. The van der Waals surface area contributed by atoms with Gasteiger partial charge in [-0.05, 0) is 19.8 Å². The van der Waals surface area contributed by atoms with Crippen molar-refractivity contribution in [3.63, 3.8) is 0 Å². The third-order valence-electron chi connectivity index (χ3n) is 2.23. The minimum atomic E-state index is 0.561. The van der Waals surface area contributed by atoms with Gasteiger partial charge in [-0.2, -0.15) is 0 Å². The van der Waals surface area contributed by atoms with Crippen LogP contribution in [0.2, 0.25) is 5.15 Å². The molecule has 0 fully saturated rings. The van der Waals surface area contributed by atoms with Gasteiger partial charge in [0.1, 0.15) is 17.3 Å². The van der Waals surface area contributed by atoms with E-state index in [9.17, 15) is 0 Å². The van der Waals surface area contributed by atoms with Gasteiger partial charge in [-0.1, -0.05) is 37.1 Å². The molecule has 4 heteroatoms. The highest BCUT2D eigenvalue weighted by molar-refractivity contribution is 6.30. The molecule has 0 radical (unpaired) electrons. The van der Waals surface area contributed by atoms with Crippen molar-refractivity contribution in [2.24, 2.45) is 0 Å². The Morgan fingerprint density at radius 1 is 1.44 bits per heavy atom. The summed E-state index contributed by atoms with van der Waals surface area (Å²) in [6.07, 6.45) is 8.60. The van der Waals surface area contributed by atoms with Crippen LogP contribution in [0.3, 0.4) is 0 Å². The van der Waals surface area contributed by atoms with E-state index in [0.29, 0.717) is 5.15 Å². The van der Waals surface area contributed by atoms with Crippen LogP contribution in [0.1, 0.15) is 32.3 Å². The number of aromatic nitrogens is 2. The molecule has 0 unspecified atom stereocenters. The number of nitrogens with one attached hydrogen (secondary N) is 1. The third-order valence-corrected chi connectivity index (χ3v) is 2.56. The van der Waals surface area contributed by atoms with Crippen molar-refractivity contribution in [2.45, 2.75) is 33.1 Å². The second-order valence-electron chi connectivity index (χ2n) is 3.53. The molecule has 1 aromatic heterocycles. The van der Waals surface area contributed by atoms with Gasteiger partial charge in [0.25, 0.3) is 0 Å². The van der Waals surface area contributed by atoms with Gasteiger partial charge >= 0.3 is 0 Å². The third kappa shape index (κ3) is 3.81. The average molecular weight is 240 g/mol. The first-order valence-corrected chi connectivity index (χ1v) is 6.01. The van der Waals surface area contributed by atoms with Crippen molar-refractivity contribution in [1.29, 1.82) is 0 Å². The molecule has 3 nitrogen and oxygen atoms in total. The maximum atomic E-state index is 6.04. The molecule has 0 aliphatic rings. The highest BCUT2D eigenvalue weighted by atomic mass is 35.5. The Morgan fingerprint density at radius 3 is 2.94 bits per heavy atom. The molecule has 0 amide bonds. The van der Waals surface area contributed by atoms with E-state index in [1.807, 2.05) is 13.0 Å². The molecule has 0 aromatic carbocycles. The summed E-state index contributed by atoms with van der Waals surface area (Å²) in [5.74, 6) is 0.867. The number of hydrogen-bond donors (Lipinski definition) is 1. The fourth-order valence-corrected chi connectivity index (χ4v) is 1.68. The van der Waals surface area contributed by atoms with Gasteiger partial charge in [0, 0.05) is 12.1 Å². The van der Waals surface area contributed by atoms with Crippen LogP contribution in [0, 0.1) is 0 Å². The molecule has 1 N–H and O–H groups in total. The molecule has 1 rings (SSSR count). The summed E-state index contributed by atoms with van der Waals surface area (Å²) in [5, 5.41) is 3.85. The summed E-state index contributed by atoms with van der Waals surface area (Å²) in [6.45, 7) is 5.01. The molecule has 0 spiro atoms. The van der Waals surface area contributed by atoms with E-state index in [-0.39, 0.29) is 0 Å². The van der Waals surface area contributed by atoms with E-state index in [4.69, 9.17) is 11.6 Å². The van der Waals surface area contributed by atoms with Gasteiger partial charge < -0.3 is 5.32 Å². The van der Waals surface area contributed by atoms with Crippen molar-refractivity contribution in [1.82, 2.24) is 9.97 Å². The first kappa shape index (κ1) is 13.0. The topological polar surface area (TPSA) is 37.8 Å². The fourth-order valence-electron chi connectivity index (χ4n) is 1.46. The minimum Gasteiger partial charge on any atom is -0.369 e. The maximum Gasteiger partial charge on any atom is 0.137 e. The number of nitrogens with zero attached hydrogens (tertiary/aromatic N) is 2. The monoisotopic (exact) mass is 239 g/mol. The molecule has 0 aliphatic carbocycles. The van der Waals surface area contributed by atoms with Crippen molar-refractivity contribution < 1.29 is 0 Å². The first-order valence-electron chi connectivity index (χ1n) is 5.64. The number of hydrogen-bond acceptors (Lipinski definition) is 3. The largest absolute Gasteiger partial charge is 0.369 e.